The molecule has 1 aromatic heterocycles. The molecule has 1 heterocycles. The number of fused-ring (bicyclic) bond motifs is 2. The minimum atomic E-state index is -4.75. The van der Waals surface area contributed by atoms with Crippen molar-refractivity contribution in [2.75, 3.05) is 7.11 Å². The highest BCUT2D eigenvalue weighted by molar-refractivity contribution is 6.34. The molecule has 3 aromatic rings. The molecule has 1 saturated carbocycles. The molecule has 188 valence electrons. The van der Waals surface area contributed by atoms with E-state index in [9.17, 15) is 22.8 Å². The van der Waals surface area contributed by atoms with Gasteiger partial charge in [-0.1, -0.05) is 42.6 Å². The molecule has 36 heavy (non-hydrogen) atoms. The van der Waals surface area contributed by atoms with Crippen molar-refractivity contribution in [3.63, 3.8) is 0 Å². The van der Waals surface area contributed by atoms with E-state index < -0.39 is 29.2 Å². The number of halogens is 4. The fraction of sp³-hybridized carbons (Fsp3) is 0.370. The second-order valence-corrected chi connectivity index (χ2v) is 9.87. The number of rotatable bonds is 3. The minimum absolute atomic E-state index is 0.265. The van der Waals surface area contributed by atoms with Gasteiger partial charge in [-0.2, -0.15) is 23.0 Å². The fourth-order valence-electron chi connectivity index (χ4n) is 5.84. The highest BCUT2D eigenvalue weighted by Crippen LogP contribution is 2.51. The van der Waals surface area contributed by atoms with Crippen molar-refractivity contribution in [1.82, 2.24) is 9.78 Å². The predicted molar refractivity (Wildman–Crippen MR) is 128 cm³/mol. The Morgan fingerprint density at radius 3 is 2.33 bits per heavy atom. The van der Waals surface area contributed by atoms with E-state index >= 15 is 0 Å². The molecule has 2 aromatic carbocycles. The van der Waals surface area contributed by atoms with Crippen LogP contribution < -0.4 is 0 Å². The largest absolute Gasteiger partial charge is 0.465 e. The summed E-state index contributed by atoms with van der Waals surface area (Å²) in [6, 6.07) is 10.0. The van der Waals surface area contributed by atoms with Crippen LogP contribution in [0.25, 0.3) is 11.3 Å². The molecule has 0 saturated heterocycles. The summed E-state index contributed by atoms with van der Waals surface area (Å²) in [6.07, 6.45) is 1.36. The molecule has 1 fully saturated rings. The van der Waals surface area contributed by atoms with E-state index in [0.29, 0.717) is 28.9 Å². The number of nitrogens with zero attached hydrogens (tertiary/aromatic N) is 2. The van der Waals surface area contributed by atoms with Crippen LogP contribution >= 0.6 is 11.6 Å². The Morgan fingerprint density at radius 2 is 1.69 bits per heavy atom. The maximum absolute atomic E-state index is 13.9. The lowest BCUT2D eigenvalue weighted by atomic mass is 9.71. The van der Waals surface area contributed by atoms with Crippen molar-refractivity contribution in [3.8, 4) is 11.3 Å². The first-order valence-electron chi connectivity index (χ1n) is 11.9. The molecule has 0 amide bonds. The van der Waals surface area contributed by atoms with Gasteiger partial charge < -0.3 is 4.74 Å². The van der Waals surface area contributed by atoms with Crippen LogP contribution in [-0.2, 0) is 22.7 Å². The monoisotopic (exact) mass is 516 g/mol. The van der Waals surface area contributed by atoms with E-state index in [1.165, 1.54) is 23.9 Å². The topological polar surface area (TPSA) is 61.2 Å². The molecule has 0 N–H and O–H groups in total. The molecule has 0 atom stereocenters. The van der Waals surface area contributed by atoms with E-state index in [4.69, 9.17) is 16.3 Å². The van der Waals surface area contributed by atoms with E-state index in [2.05, 4.69) is 5.10 Å². The van der Waals surface area contributed by atoms with Crippen LogP contribution in [0, 0.1) is 0 Å². The number of methoxy groups -OCH3 is 1. The number of hydrogen-bond acceptors (Lipinski definition) is 4. The summed E-state index contributed by atoms with van der Waals surface area (Å²) >= 11 is 6.19. The zero-order valence-electron chi connectivity index (χ0n) is 19.6. The van der Waals surface area contributed by atoms with Gasteiger partial charge in [-0.25, -0.2) is 4.79 Å². The Kier molecular flexibility index (Phi) is 6.19. The van der Waals surface area contributed by atoms with Gasteiger partial charge in [0.15, 0.2) is 0 Å². The van der Waals surface area contributed by atoms with E-state index in [0.717, 1.165) is 50.2 Å². The van der Waals surface area contributed by atoms with Gasteiger partial charge in [0.05, 0.1) is 40.2 Å². The van der Waals surface area contributed by atoms with Crippen molar-refractivity contribution in [2.45, 2.75) is 56.5 Å². The van der Waals surface area contributed by atoms with Crippen LogP contribution in [0.5, 0.6) is 0 Å². The predicted octanol–water partition coefficient (Wildman–Crippen LogP) is 6.85. The van der Waals surface area contributed by atoms with Gasteiger partial charge in [0, 0.05) is 16.5 Å². The first-order chi connectivity index (χ1) is 17.2. The summed E-state index contributed by atoms with van der Waals surface area (Å²) in [7, 11) is 1.30. The number of esters is 1. The van der Waals surface area contributed by atoms with Crippen LogP contribution in [-0.4, -0.2) is 28.8 Å². The Balaban J connectivity index is 1.71. The SMILES string of the molecule is COC(=O)c1ccc(-c2nn(C(=O)c3c(Cl)cccc3C(F)(F)F)c3c2CCCC32CCCC2)cc1. The highest BCUT2D eigenvalue weighted by Gasteiger charge is 2.45. The Bertz CT molecular complexity index is 1340. The second kappa shape index (κ2) is 9.07. The quantitative estimate of drug-likeness (QED) is 0.357. The Morgan fingerprint density at radius 1 is 1.03 bits per heavy atom. The van der Waals surface area contributed by atoms with Crippen molar-refractivity contribution >= 4 is 23.5 Å². The zero-order valence-corrected chi connectivity index (χ0v) is 20.4. The summed E-state index contributed by atoms with van der Waals surface area (Å²) in [5.41, 5.74) is 1.19. The molecule has 2 aliphatic rings. The number of carbonyl (C=O) groups excluding carboxylic acids is 2. The number of ether oxygens (including phenoxy) is 1. The van der Waals surface area contributed by atoms with Gasteiger partial charge in [-0.05, 0) is 56.4 Å². The fourth-order valence-corrected chi connectivity index (χ4v) is 6.09. The van der Waals surface area contributed by atoms with E-state index in [-0.39, 0.29) is 10.4 Å². The van der Waals surface area contributed by atoms with Gasteiger partial charge in [0.25, 0.3) is 5.91 Å². The van der Waals surface area contributed by atoms with Crippen LogP contribution in [0.15, 0.2) is 42.5 Å². The summed E-state index contributed by atoms with van der Waals surface area (Å²) in [5, 5.41) is 4.38. The number of aromatic nitrogens is 2. The third kappa shape index (κ3) is 4.01. The average molecular weight is 517 g/mol. The molecule has 5 rings (SSSR count). The lowest BCUT2D eigenvalue weighted by Crippen LogP contribution is -2.33. The third-order valence-corrected chi connectivity index (χ3v) is 7.75. The first-order valence-corrected chi connectivity index (χ1v) is 12.3. The standard InChI is InChI=1S/C27H24ClF3N2O3/c1-36-25(35)17-11-9-16(10-12-17)22-18-6-5-15-26(13-2-3-14-26)23(18)33(32-22)24(34)21-19(27(29,30)31)7-4-8-20(21)28/h4,7-12H,2-3,5-6,13-15H2,1H3. The number of carbonyl (C=O) groups is 2. The molecular weight excluding hydrogens is 493 g/mol. The van der Waals surface area contributed by atoms with Gasteiger partial charge in [0.1, 0.15) is 0 Å². The first kappa shape index (κ1) is 24.6. The van der Waals surface area contributed by atoms with Crippen LogP contribution in [0.2, 0.25) is 5.02 Å². The summed E-state index contributed by atoms with van der Waals surface area (Å²) in [5.74, 6) is -1.36. The zero-order chi connectivity index (χ0) is 25.7. The molecule has 5 nitrogen and oxygen atoms in total. The van der Waals surface area contributed by atoms with Crippen LogP contribution in [0.3, 0.4) is 0 Å². The molecule has 0 aliphatic heterocycles. The van der Waals surface area contributed by atoms with Crippen molar-refractivity contribution < 1.29 is 27.5 Å². The number of alkyl halides is 3. The van der Waals surface area contributed by atoms with Gasteiger partial charge >= 0.3 is 12.1 Å². The lowest BCUT2D eigenvalue weighted by molar-refractivity contribution is -0.137. The van der Waals surface area contributed by atoms with Crippen molar-refractivity contribution in [2.24, 2.45) is 0 Å². The van der Waals surface area contributed by atoms with Gasteiger partial charge in [-0.3, -0.25) is 4.79 Å². The summed E-state index contributed by atoms with van der Waals surface area (Å²) < 4.78 is 47.5. The van der Waals surface area contributed by atoms with Crippen LogP contribution in [0.4, 0.5) is 13.2 Å². The summed E-state index contributed by atoms with van der Waals surface area (Å²) in [4.78, 5) is 25.7. The molecule has 0 bridgehead atoms. The van der Waals surface area contributed by atoms with Crippen molar-refractivity contribution in [3.05, 3.63) is 75.4 Å². The maximum Gasteiger partial charge on any atom is 0.417 e. The van der Waals surface area contributed by atoms with E-state index in [1.807, 2.05) is 0 Å². The second-order valence-electron chi connectivity index (χ2n) is 9.46. The molecular formula is C27H24ClF3N2O3. The molecule has 0 radical (unpaired) electrons. The van der Waals surface area contributed by atoms with Crippen molar-refractivity contribution in [1.29, 1.82) is 0 Å². The normalized spacial score (nSPS) is 16.7. The average Bonchev–Trinajstić information content (AvgIpc) is 3.49. The molecule has 9 heteroatoms. The smallest absolute Gasteiger partial charge is 0.417 e. The van der Waals surface area contributed by atoms with E-state index in [1.54, 1.807) is 24.3 Å². The number of hydrogen-bond donors (Lipinski definition) is 0. The maximum atomic E-state index is 13.9. The van der Waals surface area contributed by atoms with Gasteiger partial charge in [0.2, 0.25) is 0 Å². The molecule has 2 aliphatic carbocycles. The summed E-state index contributed by atoms with van der Waals surface area (Å²) in [6.45, 7) is 0. The lowest BCUT2D eigenvalue weighted by Gasteiger charge is -2.34. The Labute approximate surface area is 211 Å². The molecule has 1 spiro atoms. The third-order valence-electron chi connectivity index (χ3n) is 7.43. The Hall–Kier alpha value is -3.13. The molecule has 0 unspecified atom stereocenters. The van der Waals surface area contributed by atoms with Gasteiger partial charge in [-0.15, -0.1) is 0 Å². The number of benzene rings is 2. The highest BCUT2D eigenvalue weighted by atomic mass is 35.5. The van der Waals surface area contributed by atoms with Crippen LogP contribution in [0.1, 0.15) is 76.1 Å². The minimum Gasteiger partial charge on any atom is -0.465 e.